The van der Waals surface area contributed by atoms with E-state index in [1.807, 2.05) is 19.1 Å². The van der Waals surface area contributed by atoms with Crippen LogP contribution < -0.4 is 4.83 Å². The number of aliphatic hydroxyl groups excluding tert-OH is 1. The summed E-state index contributed by atoms with van der Waals surface area (Å²) in [5, 5.41) is 15.4. The van der Waals surface area contributed by atoms with Gasteiger partial charge in [0.15, 0.2) is 0 Å². The van der Waals surface area contributed by atoms with E-state index in [0.717, 1.165) is 48.3 Å². The van der Waals surface area contributed by atoms with Gasteiger partial charge in [-0.05, 0) is 117 Å². The molecule has 40 heavy (non-hydrogen) atoms. The van der Waals surface area contributed by atoms with Crippen LogP contribution in [0.2, 0.25) is 0 Å². The highest BCUT2D eigenvalue weighted by Crippen LogP contribution is 2.68. The number of hydrogen-bond acceptors (Lipinski definition) is 4. The van der Waals surface area contributed by atoms with Crippen molar-refractivity contribution < 1.29 is 13.5 Å². The van der Waals surface area contributed by atoms with Gasteiger partial charge in [-0.2, -0.15) is 13.5 Å². The molecule has 1 aromatic carbocycles. The molecule has 4 aliphatic rings. The van der Waals surface area contributed by atoms with Gasteiger partial charge in [0.2, 0.25) is 0 Å². The van der Waals surface area contributed by atoms with Gasteiger partial charge in [0.25, 0.3) is 10.0 Å². The normalized spacial score (nSPS) is 39.5. The minimum absolute atomic E-state index is 0.0680. The molecular weight excluding hydrogens is 516 g/mol. The Bertz CT molecular complexity index is 1180. The van der Waals surface area contributed by atoms with Crippen molar-refractivity contribution in [1.82, 2.24) is 4.83 Å². The largest absolute Gasteiger partial charge is 0.393 e. The van der Waals surface area contributed by atoms with Crippen LogP contribution in [0.5, 0.6) is 0 Å². The lowest BCUT2D eigenvalue weighted by Crippen LogP contribution is -2.57. The zero-order valence-electron chi connectivity index (χ0n) is 25.8. The molecule has 0 saturated heterocycles. The smallest absolute Gasteiger partial charge is 0.276 e. The summed E-state index contributed by atoms with van der Waals surface area (Å²) in [7, 11) is -3.74. The lowest BCUT2D eigenvalue weighted by molar-refractivity contribution is -0.0939. The van der Waals surface area contributed by atoms with Crippen LogP contribution in [-0.2, 0) is 10.0 Å². The van der Waals surface area contributed by atoms with E-state index in [0.29, 0.717) is 29.6 Å². The van der Waals surface area contributed by atoms with Crippen molar-refractivity contribution in [2.75, 3.05) is 0 Å². The molecule has 0 radical (unpaired) electrons. The van der Waals surface area contributed by atoms with Gasteiger partial charge in [-0.15, -0.1) is 0 Å². The molecule has 5 nitrogen and oxygen atoms in total. The van der Waals surface area contributed by atoms with Crippen molar-refractivity contribution in [3.63, 3.8) is 0 Å². The van der Waals surface area contributed by atoms with Crippen molar-refractivity contribution in [1.29, 1.82) is 0 Å². The maximum absolute atomic E-state index is 13.2. The Kier molecular flexibility index (Phi) is 8.54. The average molecular weight is 571 g/mol. The number of hydrogen-bond donors (Lipinski definition) is 2. The van der Waals surface area contributed by atoms with Crippen LogP contribution in [0.15, 0.2) is 34.3 Å². The minimum Gasteiger partial charge on any atom is -0.393 e. The van der Waals surface area contributed by atoms with Gasteiger partial charge in [0, 0.05) is 11.6 Å². The van der Waals surface area contributed by atoms with Crippen LogP contribution >= 0.6 is 0 Å². The Morgan fingerprint density at radius 1 is 0.975 bits per heavy atom. The molecule has 2 N–H and O–H groups in total. The molecule has 4 saturated carbocycles. The zero-order chi connectivity index (χ0) is 28.9. The van der Waals surface area contributed by atoms with Crippen molar-refractivity contribution in [2.45, 2.75) is 123 Å². The first-order valence-electron chi connectivity index (χ1n) is 16.2. The Hall–Kier alpha value is -1.40. The number of sulfonamides is 1. The number of rotatable bonds is 8. The number of hydrazone groups is 1. The molecule has 4 aliphatic carbocycles. The summed E-state index contributed by atoms with van der Waals surface area (Å²) in [5.74, 6) is 4.31. The Balaban J connectivity index is 1.41. The van der Waals surface area contributed by atoms with Crippen LogP contribution in [0.4, 0.5) is 0 Å². The Morgan fingerprint density at radius 3 is 2.35 bits per heavy atom. The second kappa shape index (κ2) is 11.4. The fourth-order valence-corrected chi connectivity index (χ4v) is 10.9. The molecule has 0 bridgehead atoms. The van der Waals surface area contributed by atoms with E-state index in [1.165, 1.54) is 44.9 Å². The third-order valence-corrected chi connectivity index (χ3v) is 13.5. The van der Waals surface area contributed by atoms with Gasteiger partial charge in [-0.25, -0.2) is 4.83 Å². The molecule has 0 amide bonds. The topological polar surface area (TPSA) is 78.8 Å². The molecule has 6 heteroatoms. The maximum atomic E-state index is 13.2. The van der Waals surface area contributed by atoms with E-state index in [2.05, 4.69) is 39.4 Å². The molecular formula is C34H54N2O3S. The SMILES string of the molecule is Cc1ccc(S(=O)(=O)N/N=C2/C[C@H]3[C@@H]4CC[C@H]([C@H](C)CCCC(C)C)[C@@]4(C)CC[C@@H]3[C@@]3(C)CC[C@H](O)CC23)cc1. The Labute approximate surface area is 244 Å². The van der Waals surface area contributed by atoms with Gasteiger partial charge in [-0.3, -0.25) is 0 Å². The van der Waals surface area contributed by atoms with Crippen LogP contribution in [0.1, 0.15) is 111 Å². The summed E-state index contributed by atoms with van der Waals surface area (Å²) in [5.41, 5.74) is 2.44. The van der Waals surface area contributed by atoms with E-state index in [-0.39, 0.29) is 22.3 Å². The minimum atomic E-state index is -3.74. The van der Waals surface area contributed by atoms with Crippen molar-refractivity contribution in [2.24, 2.45) is 57.4 Å². The van der Waals surface area contributed by atoms with E-state index in [4.69, 9.17) is 5.10 Å². The van der Waals surface area contributed by atoms with E-state index in [9.17, 15) is 13.5 Å². The molecule has 1 unspecified atom stereocenters. The molecule has 0 aliphatic heterocycles. The van der Waals surface area contributed by atoms with E-state index < -0.39 is 10.0 Å². The summed E-state index contributed by atoms with van der Waals surface area (Å²) in [4.78, 5) is 2.88. The van der Waals surface area contributed by atoms with Crippen molar-refractivity contribution in [3.05, 3.63) is 29.8 Å². The van der Waals surface area contributed by atoms with Crippen LogP contribution in [-0.4, -0.2) is 25.3 Å². The number of aliphatic hydroxyl groups is 1. The number of nitrogens with zero attached hydrogens (tertiary/aromatic N) is 1. The lowest BCUT2D eigenvalue weighted by atomic mass is 9.44. The predicted octanol–water partition coefficient (Wildman–Crippen LogP) is 7.72. The fraction of sp³-hybridized carbons (Fsp3) is 0.794. The molecule has 224 valence electrons. The van der Waals surface area contributed by atoms with Crippen LogP contribution in [0, 0.1) is 59.2 Å². The highest BCUT2D eigenvalue weighted by atomic mass is 32.2. The summed E-state index contributed by atoms with van der Waals surface area (Å²) in [6.07, 6.45) is 12.3. The summed E-state index contributed by atoms with van der Waals surface area (Å²) in [6.45, 7) is 14.2. The maximum Gasteiger partial charge on any atom is 0.276 e. The van der Waals surface area contributed by atoms with Crippen molar-refractivity contribution in [3.8, 4) is 0 Å². The first-order chi connectivity index (χ1) is 18.8. The van der Waals surface area contributed by atoms with Gasteiger partial charge in [0.05, 0.1) is 11.0 Å². The van der Waals surface area contributed by atoms with E-state index in [1.54, 1.807) is 12.1 Å². The molecule has 0 spiro atoms. The molecule has 9 atom stereocenters. The van der Waals surface area contributed by atoms with Gasteiger partial charge in [-0.1, -0.05) is 71.6 Å². The first kappa shape index (κ1) is 30.1. The number of fused-ring (bicyclic) bond motifs is 5. The number of nitrogens with one attached hydrogen (secondary N) is 1. The predicted molar refractivity (Wildman–Crippen MR) is 163 cm³/mol. The standard InChI is InChI=1S/C34H54N2O3S/c1-22(2)8-7-9-24(4)28-14-15-29-27-21-32(35-36-40(38,39)26-12-10-23(3)11-13-26)31-20-25(37)16-18-34(31,6)30(27)17-19-33(28,29)5/h10-13,22,24-25,27-31,36-37H,7-9,14-21H2,1-6H3/b35-32-/t24-,25+,27+,28-,29+,30+,31?,33-,34-/m1/s1. The second-order valence-electron chi connectivity index (χ2n) is 15.1. The molecule has 1 aromatic rings. The Morgan fingerprint density at radius 2 is 1.65 bits per heavy atom. The van der Waals surface area contributed by atoms with Gasteiger partial charge < -0.3 is 5.11 Å². The number of aryl methyl sites for hydroxylation is 1. The quantitative estimate of drug-likeness (QED) is 0.314. The third kappa shape index (κ3) is 5.53. The summed E-state index contributed by atoms with van der Waals surface area (Å²) in [6, 6.07) is 6.95. The average Bonchev–Trinajstić information content (AvgIpc) is 3.25. The van der Waals surface area contributed by atoms with Crippen LogP contribution in [0.3, 0.4) is 0 Å². The van der Waals surface area contributed by atoms with Gasteiger partial charge >= 0.3 is 0 Å². The highest BCUT2D eigenvalue weighted by Gasteiger charge is 2.62. The summed E-state index contributed by atoms with van der Waals surface area (Å²) >= 11 is 0. The molecule has 5 rings (SSSR count). The molecule has 0 aromatic heterocycles. The molecule has 0 heterocycles. The van der Waals surface area contributed by atoms with Crippen LogP contribution in [0.25, 0.3) is 0 Å². The monoisotopic (exact) mass is 570 g/mol. The third-order valence-electron chi connectivity index (χ3n) is 12.3. The fourth-order valence-electron chi connectivity index (χ4n) is 10.1. The summed E-state index contributed by atoms with van der Waals surface area (Å²) < 4.78 is 26.4. The van der Waals surface area contributed by atoms with Gasteiger partial charge in [0.1, 0.15) is 0 Å². The highest BCUT2D eigenvalue weighted by molar-refractivity contribution is 7.89. The van der Waals surface area contributed by atoms with Crippen molar-refractivity contribution >= 4 is 15.7 Å². The van der Waals surface area contributed by atoms with E-state index >= 15 is 0 Å². The number of benzene rings is 1. The second-order valence-corrected chi connectivity index (χ2v) is 16.8. The lowest BCUT2D eigenvalue weighted by Gasteiger charge is -2.61. The molecule has 4 fully saturated rings. The first-order valence-corrected chi connectivity index (χ1v) is 17.7. The zero-order valence-corrected chi connectivity index (χ0v) is 26.6.